The Morgan fingerprint density at radius 2 is 1.93 bits per heavy atom. The van der Waals surface area contributed by atoms with E-state index in [-0.39, 0.29) is 5.91 Å². The molecule has 0 aromatic heterocycles. The molecule has 6 nitrogen and oxygen atoms in total. The lowest BCUT2D eigenvalue weighted by Gasteiger charge is -2.21. The van der Waals surface area contributed by atoms with Crippen LogP contribution in [-0.4, -0.2) is 31.5 Å². The van der Waals surface area contributed by atoms with E-state index in [4.69, 9.17) is 10.5 Å². The predicted molar refractivity (Wildman–Crippen MR) is 110 cm³/mol. The van der Waals surface area contributed by atoms with Crippen molar-refractivity contribution in [2.45, 2.75) is 19.3 Å². The maximum Gasteiger partial charge on any atom is 0.248 e. The van der Waals surface area contributed by atoms with Gasteiger partial charge in [0.05, 0.1) is 18.0 Å². The van der Waals surface area contributed by atoms with Crippen molar-refractivity contribution in [2.24, 2.45) is 5.73 Å². The summed E-state index contributed by atoms with van der Waals surface area (Å²) in [6, 6.07) is 11.1. The lowest BCUT2D eigenvalue weighted by Crippen LogP contribution is -2.21. The van der Waals surface area contributed by atoms with Gasteiger partial charge in [-0.2, -0.15) is 0 Å². The highest BCUT2D eigenvalue weighted by Crippen LogP contribution is 2.30. The fourth-order valence-electron chi connectivity index (χ4n) is 3.68. The first-order chi connectivity index (χ1) is 13.6. The van der Waals surface area contributed by atoms with Gasteiger partial charge in [-0.3, -0.25) is 9.59 Å². The number of rotatable bonds is 5. The molecule has 0 atom stereocenters. The molecule has 2 aromatic rings. The molecule has 0 bridgehead atoms. The van der Waals surface area contributed by atoms with E-state index < -0.39 is 5.91 Å². The second kappa shape index (κ2) is 7.76. The number of amides is 2. The van der Waals surface area contributed by atoms with Crippen LogP contribution in [0.25, 0.3) is 6.08 Å². The van der Waals surface area contributed by atoms with Crippen molar-refractivity contribution in [3.8, 4) is 5.75 Å². The Morgan fingerprint density at radius 1 is 1.11 bits per heavy atom. The van der Waals surface area contributed by atoms with E-state index in [1.165, 1.54) is 6.08 Å². The number of nitrogens with zero attached hydrogens (tertiary/aromatic N) is 1. The lowest BCUT2D eigenvalue weighted by atomic mass is 10.1. The third-order valence-corrected chi connectivity index (χ3v) is 5.13. The second-order valence-electron chi connectivity index (χ2n) is 7.08. The maximum atomic E-state index is 12.5. The third kappa shape index (κ3) is 3.86. The summed E-state index contributed by atoms with van der Waals surface area (Å²) in [6.45, 7) is 2.58. The average Bonchev–Trinajstić information content (AvgIpc) is 3.37. The fraction of sp³-hybridized carbons (Fsp3) is 0.273. The van der Waals surface area contributed by atoms with Crippen LogP contribution in [0, 0.1) is 0 Å². The molecule has 2 aliphatic rings. The number of primary amides is 1. The Bertz CT molecular complexity index is 946. The number of ether oxygens (including phenoxy) is 1. The molecule has 0 spiro atoms. The summed E-state index contributed by atoms with van der Waals surface area (Å²) < 4.78 is 5.50. The number of fused-ring (bicyclic) bond motifs is 1. The van der Waals surface area contributed by atoms with E-state index in [9.17, 15) is 9.59 Å². The summed E-state index contributed by atoms with van der Waals surface area (Å²) in [6.07, 6.45) is 6.41. The molecule has 2 aliphatic heterocycles. The standard InChI is InChI=1S/C22H23N3O3/c23-22(27)17-5-6-19(25-10-1-2-11-25)18(14-17)24-21(26)8-4-15-3-7-20-16(13-15)9-12-28-20/h3-8,13-14H,1-2,9-12H2,(H2,23,27)(H,24,26)/b8-4+. The van der Waals surface area contributed by atoms with Crippen molar-refractivity contribution in [3.63, 3.8) is 0 Å². The highest BCUT2D eigenvalue weighted by molar-refractivity contribution is 6.05. The van der Waals surface area contributed by atoms with Crippen molar-refractivity contribution >= 4 is 29.3 Å². The fourth-order valence-corrected chi connectivity index (χ4v) is 3.68. The Kier molecular flexibility index (Phi) is 5.02. The molecule has 3 N–H and O–H groups in total. The number of carbonyl (C=O) groups is 2. The van der Waals surface area contributed by atoms with Crippen LogP contribution < -0.4 is 20.7 Å². The van der Waals surface area contributed by atoms with Crippen LogP contribution >= 0.6 is 0 Å². The van der Waals surface area contributed by atoms with Gasteiger partial charge in [-0.05, 0) is 60.4 Å². The molecule has 2 aromatic carbocycles. The molecule has 144 valence electrons. The van der Waals surface area contributed by atoms with E-state index in [2.05, 4.69) is 10.2 Å². The Labute approximate surface area is 164 Å². The normalized spacial score (nSPS) is 15.5. The summed E-state index contributed by atoms with van der Waals surface area (Å²) >= 11 is 0. The molecular formula is C22H23N3O3. The zero-order chi connectivity index (χ0) is 19.5. The van der Waals surface area contributed by atoms with E-state index in [0.717, 1.165) is 54.9 Å². The summed E-state index contributed by atoms with van der Waals surface area (Å²) in [5, 5.41) is 2.91. The van der Waals surface area contributed by atoms with Crippen molar-refractivity contribution < 1.29 is 14.3 Å². The van der Waals surface area contributed by atoms with Gasteiger partial charge in [-0.25, -0.2) is 0 Å². The Hall–Kier alpha value is -3.28. The van der Waals surface area contributed by atoms with Crippen molar-refractivity contribution in [1.29, 1.82) is 0 Å². The van der Waals surface area contributed by atoms with Gasteiger partial charge < -0.3 is 20.7 Å². The first kappa shape index (κ1) is 18.1. The Morgan fingerprint density at radius 3 is 2.71 bits per heavy atom. The molecule has 6 heteroatoms. The van der Waals surface area contributed by atoms with Gasteiger partial charge in [-0.1, -0.05) is 6.07 Å². The molecule has 0 saturated carbocycles. The minimum absolute atomic E-state index is 0.251. The SMILES string of the molecule is NC(=O)c1ccc(N2CCCC2)c(NC(=O)/C=C/c2ccc3c(c2)CCO3)c1. The lowest BCUT2D eigenvalue weighted by molar-refractivity contribution is -0.111. The highest BCUT2D eigenvalue weighted by Gasteiger charge is 2.18. The zero-order valence-corrected chi connectivity index (χ0v) is 15.6. The summed E-state index contributed by atoms with van der Waals surface area (Å²) in [5.74, 6) is 0.151. The number of hydrogen-bond acceptors (Lipinski definition) is 4. The molecule has 2 heterocycles. The number of nitrogens with one attached hydrogen (secondary N) is 1. The van der Waals surface area contributed by atoms with Gasteiger partial charge in [-0.15, -0.1) is 0 Å². The summed E-state index contributed by atoms with van der Waals surface area (Å²) in [5.41, 5.74) is 9.41. The highest BCUT2D eigenvalue weighted by atomic mass is 16.5. The van der Waals surface area contributed by atoms with E-state index >= 15 is 0 Å². The van der Waals surface area contributed by atoms with E-state index in [1.54, 1.807) is 18.2 Å². The van der Waals surface area contributed by atoms with Crippen molar-refractivity contribution in [2.75, 3.05) is 29.9 Å². The average molecular weight is 377 g/mol. The van der Waals surface area contributed by atoms with Crippen molar-refractivity contribution in [3.05, 3.63) is 59.2 Å². The molecule has 28 heavy (non-hydrogen) atoms. The molecule has 1 saturated heterocycles. The predicted octanol–water partition coefficient (Wildman–Crippen LogP) is 2.97. The minimum atomic E-state index is -0.514. The maximum absolute atomic E-state index is 12.5. The van der Waals surface area contributed by atoms with Gasteiger partial charge in [0.25, 0.3) is 0 Å². The zero-order valence-electron chi connectivity index (χ0n) is 15.6. The smallest absolute Gasteiger partial charge is 0.248 e. The summed E-state index contributed by atoms with van der Waals surface area (Å²) in [7, 11) is 0. The van der Waals surface area contributed by atoms with Gasteiger partial charge >= 0.3 is 0 Å². The molecule has 2 amide bonds. The molecular weight excluding hydrogens is 354 g/mol. The second-order valence-corrected chi connectivity index (χ2v) is 7.08. The molecule has 4 rings (SSSR count). The number of benzene rings is 2. The van der Waals surface area contributed by atoms with Crippen LogP contribution in [0.15, 0.2) is 42.5 Å². The molecule has 0 unspecified atom stereocenters. The van der Waals surface area contributed by atoms with E-state index in [1.807, 2.05) is 24.3 Å². The monoisotopic (exact) mass is 377 g/mol. The van der Waals surface area contributed by atoms with Crippen molar-refractivity contribution in [1.82, 2.24) is 0 Å². The van der Waals surface area contributed by atoms with Crippen LogP contribution in [0.2, 0.25) is 0 Å². The van der Waals surface area contributed by atoms with Crippen LogP contribution in [0.4, 0.5) is 11.4 Å². The topological polar surface area (TPSA) is 84.7 Å². The van der Waals surface area contributed by atoms with Gasteiger partial charge in [0.15, 0.2) is 0 Å². The van der Waals surface area contributed by atoms with Crippen LogP contribution in [0.3, 0.4) is 0 Å². The molecule has 0 radical (unpaired) electrons. The van der Waals surface area contributed by atoms with Crippen LogP contribution in [-0.2, 0) is 11.2 Å². The first-order valence-corrected chi connectivity index (χ1v) is 9.54. The quantitative estimate of drug-likeness (QED) is 0.785. The van der Waals surface area contributed by atoms with Gasteiger partial charge in [0.1, 0.15) is 5.75 Å². The largest absolute Gasteiger partial charge is 0.493 e. The first-order valence-electron chi connectivity index (χ1n) is 9.54. The van der Waals surface area contributed by atoms with Crippen LogP contribution in [0.5, 0.6) is 5.75 Å². The molecule has 1 fully saturated rings. The Balaban J connectivity index is 1.52. The minimum Gasteiger partial charge on any atom is -0.493 e. The van der Waals surface area contributed by atoms with E-state index in [0.29, 0.717) is 17.9 Å². The third-order valence-electron chi connectivity index (χ3n) is 5.13. The van der Waals surface area contributed by atoms with Gasteiger partial charge in [0, 0.05) is 31.1 Å². The summed E-state index contributed by atoms with van der Waals surface area (Å²) in [4.78, 5) is 26.3. The van der Waals surface area contributed by atoms with Crippen LogP contribution in [0.1, 0.15) is 34.3 Å². The van der Waals surface area contributed by atoms with Gasteiger partial charge in [0.2, 0.25) is 11.8 Å². The number of carbonyl (C=O) groups excluding carboxylic acids is 2. The molecule has 0 aliphatic carbocycles. The number of hydrogen-bond donors (Lipinski definition) is 2. The number of nitrogens with two attached hydrogens (primary N) is 1. The number of anilines is 2.